The Kier molecular flexibility index (Phi) is 9.20. The highest BCUT2D eigenvalue weighted by Gasteiger charge is 2.17. The first-order valence-corrected chi connectivity index (χ1v) is 12.9. The van der Waals surface area contributed by atoms with E-state index in [2.05, 4.69) is 20.9 Å². The molecule has 3 aromatic carbocycles. The molecule has 0 radical (unpaired) electrons. The zero-order valence-electron chi connectivity index (χ0n) is 20.9. The van der Waals surface area contributed by atoms with Gasteiger partial charge < -0.3 is 16.0 Å². The monoisotopic (exact) mass is 540 g/mol. The molecule has 3 amide bonds. The summed E-state index contributed by atoms with van der Waals surface area (Å²) in [5.74, 6) is -1.18. The summed E-state index contributed by atoms with van der Waals surface area (Å²) < 4.78 is 13.4. The Morgan fingerprint density at radius 1 is 0.872 bits per heavy atom. The molecule has 0 bridgehead atoms. The van der Waals surface area contributed by atoms with Gasteiger partial charge in [0.25, 0.3) is 11.8 Å². The van der Waals surface area contributed by atoms with Crippen molar-refractivity contribution in [1.82, 2.24) is 10.3 Å². The van der Waals surface area contributed by atoms with Crippen molar-refractivity contribution in [3.05, 3.63) is 126 Å². The third kappa shape index (κ3) is 8.11. The number of aromatic nitrogens is 1. The normalized spacial score (nSPS) is 11.8. The number of anilines is 2. The highest BCUT2D eigenvalue weighted by atomic mass is 32.2. The van der Waals surface area contributed by atoms with Crippen molar-refractivity contribution in [2.75, 3.05) is 10.6 Å². The van der Waals surface area contributed by atoms with Crippen molar-refractivity contribution < 1.29 is 18.8 Å². The summed E-state index contributed by atoms with van der Waals surface area (Å²) >= 11 is 1.32. The number of amides is 3. The summed E-state index contributed by atoms with van der Waals surface area (Å²) in [6.45, 7) is 1.77. The third-order valence-electron chi connectivity index (χ3n) is 5.40. The number of nitrogens with one attached hydrogen (secondary N) is 3. The number of halogens is 1. The molecule has 9 heteroatoms. The van der Waals surface area contributed by atoms with Crippen LogP contribution in [0.15, 0.2) is 114 Å². The van der Waals surface area contributed by atoms with Crippen LogP contribution in [0.1, 0.15) is 22.8 Å². The van der Waals surface area contributed by atoms with Gasteiger partial charge in [0.05, 0.1) is 5.25 Å². The Morgan fingerprint density at radius 2 is 1.62 bits per heavy atom. The number of carbonyl (C=O) groups is 3. The number of nitrogens with zero attached hydrogens (tertiary/aromatic N) is 1. The maximum absolute atomic E-state index is 13.4. The lowest BCUT2D eigenvalue weighted by Gasteiger charge is -2.14. The van der Waals surface area contributed by atoms with Crippen molar-refractivity contribution in [1.29, 1.82) is 0 Å². The zero-order valence-corrected chi connectivity index (χ0v) is 21.7. The number of hydrogen-bond acceptors (Lipinski definition) is 5. The first-order chi connectivity index (χ1) is 18.9. The SMILES string of the molecule is CC(Sc1cccc(NC(=O)/C(=C/c2ccc(F)cc2)NC(=O)c2ccccc2)c1)C(=O)Nc1ccccn1. The van der Waals surface area contributed by atoms with Gasteiger partial charge in [-0.25, -0.2) is 9.37 Å². The summed E-state index contributed by atoms with van der Waals surface area (Å²) in [7, 11) is 0. The molecule has 4 rings (SSSR count). The van der Waals surface area contributed by atoms with Crippen molar-refractivity contribution in [2.24, 2.45) is 0 Å². The van der Waals surface area contributed by atoms with Crippen LogP contribution >= 0.6 is 11.8 Å². The molecule has 0 fully saturated rings. The van der Waals surface area contributed by atoms with Crippen LogP contribution in [0.5, 0.6) is 0 Å². The Labute approximate surface area is 229 Å². The Bertz CT molecular complexity index is 1480. The van der Waals surface area contributed by atoms with E-state index in [4.69, 9.17) is 0 Å². The van der Waals surface area contributed by atoms with E-state index in [0.29, 0.717) is 22.6 Å². The lowest BCUT2D eigenvalue weighted by Crippen LogP contribution is -2.30. The average Bonchev–Trinajstić information content (AvgIpc) is 2.95. The Hall–Kier alpha value is -4.76. The van der Waals surface area contributed by atoms with Gasteiger partial charge in [-0.2, -0.15) is 0 Å². The summed E-state index contributed by atoms with van der Waals surface area (Å²) in [6.07, 6.45) is 3.07. The number of hydrogen-bond donors (Lipinski definition) is 3. The molecule has 4 aromatic rings. The van der Waals surface area contributed by atoms with E-state index in [0.717, 1.165) is 4.90 Å². The van der Waals surface area contributed by atoms with Gasteiger partial charge in [0.1, 0.15) is 17.3 Å². The minimum Gasteiger partial charge on any atom is -0.321 e. The van der Waals surface area contributed by atoms with E-state index < -0.39 is 22.9 Å². The molecule has 0 saturated heterocycles. The van der Waals surface area contributed by atoms with Gasteiger partial charge in [0.2, 0.25) is 5.91 Å². The summed E-state index contributed by atoms with van der Waals surface area (Å²) in [5, 5.41) is 7.78. The van der Waals surface area contributed by atoms with Crippen LogP contribution in [0.2, 0.25) is 0 Å². The first kappa shape index (κ1) is 27.3. The Balaban J connectivity index is 1.48. The summed E-state index contributed by atoms with van der Waals surface area (Å²) in [5.41, 5.74) is 1.37. The first-order valence-electron chi connectivity index (χ1n) is 12.0. The molecule has 1 unspecified atom stereocenters. The number of pyridine rings is 1. The topological polar surface area (TPSA) is 100 Å². The zero-order chi connectivity index (χ0) is 27.6. The van der Waals surface area contributed by atoms with Crippen molar-refractivity contribution >= 4 is 47.1 Å². The molecule has 39 heavy (non-hydrogen) atoms. The van der Waals surface area contributed by atoms with Crippen LogP contribution < -0.4 is 16.0 Å². The van der Waals surface area contributed by atoms with Gasteiger partial charge in [0.15, 0.2) is 0 Å². The second-order valence-electron chi connectivity index (χ2n) is 8.38. The van der Waals surface area contributed by atoms with Gasteiger partial charge in [0, 0.05) is 22.3 Å². The van der Waals surface area contributed by atoms with Gasteiger partial charge in [-0.15, -0.1) is 11.8 Å². The number of carbonyl (C=O) groups excluding carboxylic acids is 3. The van der Waals surface area contributed by atoms with Gasteiger partial charge in [-0.3, -0.25) is 14.4 Å². The van der Waals surface area contributed by atoms with Crippen LogP contribution in [0, 0.1) is 5.82 Å². The molecule has 0 aliphatic heterocycles. The number of thioether (sulfide) groups is 1. The van der Waals surface area contributed by atoms with Gasteiger partial charge >= 0.3 is 0 Å². The molecule has 0 aliphatic rings. The fourth-order valence-electron chi connectivity index (χ4n) is 3.44. The van der Waals surface area contributed by atoms with E-state index in [1.54, 1.807) is 79.9 Å². The maximum atomic E-state index is 13.4. The lowest BCUT2D eigenvalue weighted by atomic mass is 10.1. The smallest absolute Gasteiger partial charge is 0.272 e. The fraction of sp³-hybridized carbons (Fsp3) is 0.0667. The predicted octanol–water partition coefficient (Wildman–Crippen LogP) is 5.75. The quantitative estimate of drug-likeness (QED) is 0.185. The molecule has 1 atom stereocenters. The molecule has 0 saturated carbocycles. The van der Waals surface area contributed by atoms with E-state index >= 15 is 0 Å². The van der Waals surface area contributed by atoms with Crippen LogP contribution in [-0.4, -0.2) is 28.0 Å². The largest absolute Gasteiger partial charge is 0.321 e. The van der Waals surface area contributed by atoms with Crippen molar-refractivity contribution in [3.8, 4) is 0 Å². The van der Waals surface area contributed by atoms with E-state index in [-0.39, 0.29) is 11.6 Å². The van der Waals surface area contributed by atoms with Crippen LogP contribution in [-0.2, 0) is 9.59 Å². The molecule has 3 N–H and O–H groups in total. The maximum Gasteiger partial charge on any atom is 0.272 e. The molecular formula is C30H25FN4O3S. The minimum atomic E-state index is -0.563. The van der Waals surface area contributed by atoms with E-state index in [1.165, 1.54) is 42.1 Å². The molecular weight excluding hydrogens is 515 g/mol. The minimum absolute atomic E-state index is 0.0170. The van der Waals surface area contributed by atoms with Crippen LogP contribution in [0.25, 0.3) is 6.08 Å². The molecule has 1 heterocycles. The van der Waals surface area contributed by atoms with Crippen molar-refractivity contribution in [2.45, 2.75) is 17.1 Å². The highest BCUT2D eigenvalue weighted by molar-refractivity contribution is 8.00. The second kappa shape index (κ2) is 13.2. The fourth-order valence-corrected chi connectivity index (χ4v) is 4.36. The molecule has 0 spiro atoms. The molecule has 196 valence electrons. The summed E-state index contributed by atoms with van der Waals surface area (Å²) in [4.78, 5) is 43.5. The third-order valence-corrected chi connectivity index (χ3v) is 6.49. The van der Waals surface area contributed by atoms with Crippen molar-refractivity contribution in [3.63, 3.8) is 0 Å². The predicted molar refractivity (Wildman–Crippen MR) is 152 cm³/mol. The molecule has 7 nitrogen and oxygen atoms in total. The Morgan fingerprint density at radius 3 is 2.33 bits per heavy atom. The van der Waals surface area contributed by atoms with E-state index in [1.807, 2.05) is 6.07 Å². The number of rotatable bonds is 9. The van der Waals surface area contributed by atoms with Crippen LogP contribution in [0.3, 0.4) is 0 Å². The second-order valence-corrected chi connectivity index (χ2v) is 9.79. The highest BCUT2D eigenvalue weighted by Crippen LogP contribution is 2.27. The average molecular weight is 541 g/mol. The van der Waals surface area contributed by atoms with E-state index in [9.17, 15) is 18.8 Å². The van der Waals surface area contributed by atoms with Gasteiger partial charge in [-0.05, 0) is 73.2 Å². The molecule has 0 aliphatic carbocycles. The van der Waals surface area contributed by atoms with Gasteiger partial charge in [-0.1, -0.05) is 42.5 Å². The molecule has 1 aromatic heterocycles. The lowest BCUT2D eigenvalue weighted by molar-refractivity contribution is -0.115. The standard InChI is InChI=1S/C30H25FN4O3S/c1-20(28(36)35-27-12-5-6-17-32-27)39-25-11-7-10-24(19-25)33-30(38)26(18-21-13-15-23(31)16-14-21)34-29(37)22-8-3-2-4-9-22/h2-20H,1H3,(H,33,38)(H,34,37)(H,32,35,36)/b26-18-. The van der Waals surface area contributed by atoms with Crippen LogP contribution in [0.4, 0.5) is 15.9 Å². The number of benzene rings is 3. The summed E-state index contributed by atoms with van der Waals surface area (Å²) in [6, 6.07) is 26.3.